The molecule has 28 heavy (non-hydrogen) atoms. The minimum atomic E-state index is 0.0119. The van der Waals surface area contributed by atoms with E-state index >= 15 is 0 Å². The number of methoxy groups -OCH3 is 1. The van der Waals surface area contributed by atoms with Gasteiger partial charge in [0.1, 0.15) is 5.75 Å². The van der Waals surface area contributed by atoms with Crippen molar-refractivity contribution in [2.24, 2.45) is 5.92 Å². The fourth-order valence-electron chi connectivity index (χ4n) is 3.54. The van der Waals surface area contributed by atoms with Crippen molar-refractivity contribution >= 4 is 5.91 Å². The van der Waals surface area contributed by atoms with Gasteiger partial charge in [0, 0.05) is 30.6 Å². The number of carbonyl (C=O) groups is 1. The number of rotatable bonds is 6. The lowest BCUT2D eigenvalue weighted by molar-refractivity contribution is 0.0707. The number of hydrogen-bond donors (Lipinski definition) is 0. The van der Waals surface area contributed by atoms with Crippen molar-refractivity contribution in [1.29, 1.82) is 0 Å². The van der Waals surface area contributed by atoms with Crippen molar-refractivity contribution in [3.63, 3.8) is 0 Å². The first-order valence-electron chi connectivity index (χ1n) is 9.45. The first kappa shape index (κ1) is 18.2. The molecular weight excluding hydrogens is 350 g/mol. The van der Waals surface area contributed by atoms with E-state index in [0.29, 0.717) is 17.2 Å². The average Bonchev–Trinajstić information content (AvgIpc) is 3.59. The predicted octanol–water partition coefficient (Wildman–Crippen LogP) is 4.38. The van der Waals surface area contributed by atoms with E-state index < -0.39 is 0 Å². The molecule has 1 saturated carbocycles. The predicted molar refractivity (Wildman–Crippen MR) is 108 cm³/mol. The molecule has 4 rings (SSSR count). The normalized spacial score (nSPS) is 14.4. The van der Waals surface area contributed by atoms with E-state index in [1.807, 2.05) is 60.5 Å². The second-order valence-corrected chi connectivity index (χ2v) is 7.14. The smallest absolute Gasteiger partial charge is 0.254 e. The average molecular weight is 373 g/mol. The molecule has 0 aliphatic heterocycles. The Morgan fingerprint density at radius 3 is 2.54 bits per heavy atom. The molecule has 0 saturated heterocycles. The molecule has 0 radical (unpaired) electrons. The van der Waals surface area contributed by atoms with Gasteiger partial charge in [-0.2, -0.15) is 0 Å². The molecular formula is C23H23N3O2. The number of benzene rings is 1. The molecule has 1 amide bonds. The Labute approximate surface area is 165 Å². The summed E-state index contributed by atoms with van der Waals surface area (Å²) in [6.07, 6.45) is 7.53. The van der Waals surface area contributed by atoms with Gasteiger partial charge in [0.05, 0.1) is 25.0 Å². The highest BCUT2D eigenvalue weighted by atomic mass is 16.5. The second kappa shape index (κ2) is 7.80. The maximum Gasteiger partial charge on any atom is 0.254 e. The number of aromatic nitrogens is 2. The molecule has 0 spiro atoms. The third kappa shape index (κ3) is 3.74. The molecule has 3 aromatic rings. The van der Waals surface area contributed by atoms with Gasteiger partial charge in [0.15, 0.2) is 0 Å². The van der Waals surface area contributed by atoms with Gasteiger partial charge in [-0.1, -0.05) is 18.2 Å². The van der Waals surface area contributed by atoms with E-state index in [4.69, 9.17) is 4.74 Å². The van der Waals surface area contributed by atoms with Crippen LogP contribution in [0.2, 0.25) is 0 Å². The molecule has 2 aromatic heterocycles. The van der Waals surface area contributed by atoms with Gasteiger partial charge in [-0.3, -0.25) is 14.8 Å². The van der Waals surface area contributed by atoms with Crippen molar-refractivity contribution in [2.75, 3.05) is 14.2 Å². The van der Waals surface area contributed by atoms with Gasteiger partial charge >= 0.3 is 0 Å². The largest absolute Gasteiger partial charge is 0.495 e. The third-order valence-electron chi connectivity index (χ3n) is 5.21. The van der Waals surface area contributed by atoms with Crippen LogP contribution in [0.4, 0.5) is 0 Å². The summed E-state index contributed by atoms with van der Waals surface area (Å²) in [5, 5.41) is 0. The summed E-state index contributed by atoms with van der Waals surface area (Å²) in [5.41, 5.74) is 3.58. The lowest BCUT2D eigenvalue weighted by Gasteiger charge is -2.28. The SMILES string of the molecule is COc1cncc(-c2ccc(C(=O)N(C)[C@H](c3ccccn3)C3CC3)cc2)c1. The monoisotopic (exact) mass is 373 g/mol. The van der Waals surface area contributed by atoms with Crippen LogP contribution in [0, 0.1) is 5.92 Å². The molecule has 0 N–H and O–H groups in total. The number of hydrogen-bond acceptors (Lipinski definition) is 4. The lowest BCUT2D eigenvalue weighted by atomic mass is 10.0. The quantitative estimate of drug-likeness (QED) is 0.644. The van der Waals surface area contributed by atoms with Crippen molar-refractivity contribution < 1.29 is 9.53 Å². The van der Waals surface area contributed by atoms with E-state index in [1.54, 1.807) is 25.7 Å². The minimum absolute atomic E-state index is 0.0119. The van der Waals surface area contributed by atoms with Crippen LogP contribution < -0.4 is 4.74 Å². The highest BCUT2D eigenvalue weighted by Crippen LogP contribution is 2.43. The van der Waals surface area contributed by atoms with E-state index in [9.17, 15) is 4.79 Å². The van der Waals surface area contributed by atoms with Crippen molar-refractivity contribution in [2.45, 2.75) is 18.9 Å². The summed E-state index contributed by atoms with van der Waals surface area (Å²) in [5.74, 6) is 1.21. The molecule has 5 nitrogen and oxygen atoms in total. The van der Waals surface area contributed by atoms with Crippen LogP contribution in [-0.2, 0) is 0 Å². The summed E-state index contributed by atoms with van der Waals surface area (Å²) in [4.78, 5) is 23.6. The third-order valence-corrected chi connectivity index (χ3v) is 5.21. The molecule has 1 atom stereocenters. The Morgan fingerprint density at radius 2 is 1.89 bits per heavy atom. The fourth-order valence-corrected chi connectivity index (χ4v) is 3.54. The van der Waals surface area contributed by atoms with Gasteiger partial charge in [-0.15, -0.1) is 0 Å². The van der Waals surface area contributed by atoms with E-state index in [1.165, 1.54) is 0 Å². The summed E-state index contributed by atoms with van der Waals surface area (Å²) in [6, 6.07) is 15.5. The van der Waals surface area contributed by atoms with Crippen LogP contribution in [0.3, 0.4) is 0 Å². The van der Waals surface area contributed by atoms with Crippen LogP contribution in [0.15, 0.2) is 67.1 Å². The Bertz CT molecular complexity index is 953. The van der Waals surface area contributed by atoms with Crippen LogP contribution in [-0.4, -0.2) is 34.9 Å². The molecule has 1 aromatic carbocycles. The molecule has 5 heteroatoms. The molecule has 1 aliphatic rings. The number of pyridine rings is 2. The Morgan fingerprint density at radius 1 is 1.11 bits per heavy atom. The molecule has 1 fully saturated rings. The number of carbonyl (C=O) groups excluding carboxylic acids is 1. The van der Waals surface area contributed by atoms with Crippen molar-refractivity contribution in [3.05, 3.63) is 78.4 Å². The van der Waals surface area contributed by atoms with Crippen molar-refractivity contribution in [1.82, 2.24) is 14.9 Å². The van der Waals surface area contributed by atoms with Gasteiger partial charge < -0.3 is 9.64 Å². The van der Waals surface area contributed by atoms with Crippen LogP contribution in [0.1, 0.15) is 34.9 Å². The standard InChI is InChI=1S/C23H23N3O2/c1-26(22(17-8-9-17)21-5-3-4-12-25-21)23(27)18-10-6-16(7-11-18)19-13-20(28-2)15-24-14-19/h3-7,10-15,17,22H,8-9H2,1-2H3/t22-/m0/s1. The minimum Gasteiger partial charge on any atom is -0.495 e. The number of amides is 1. The molecule has 2 heterocycles. The highest BCUT2D eigenvalue weighted by Gasteiger charge is 2.37. The summed E-state index contributed by atoms with van der Waals surface area (Å²) in [7, 11) is 3.50. The zero-order valence-electron chi connectivity index (χ0n) is 16.1. The number of ether oxygens (including phenoxy) is 1. The molecule has 0 bridgehead atoms. The summed E-state index contributed by atoms with van der Waals surface area (Å²) < 4.78 is 5.24. The van der Waals surface area contributed by atoms with E-state index in [-0.39, 0.29) is 11.9 Å². The lowest BCUT2D eigenvalue weighted by Crippen LogP contribution is -2.33. The highest BCUT2D eigenvalue weighted by molar-refractivity contribution is 5.94. The van der Waals surface area contributed by atoms with Crippen molar-refractivity contribution in [3.8, 4) is 16.9 Å². The van der Waals surface area contributed by atoms with Gasteiger partial charge in [0.2, 0.25) is 0 Å². The summed E-state index contributed by atoms with van der Waals surface area (Å²) in [6.45, 7) is 0. The first-order valence-corrected chi connectivity index (χ1v) is 9.45. The van der Waals surface area contributed by atoms with Crippen LogP contribution in [0.25, 0.3) is 11.1 Å². The van der Waals surface area contributed by atoms with Gasteiger partial charge in [-0.05, 0) is 54.7 Å². The summed E-state index contributed by atoms with van der Waals surface area (Å²) >= 11 is 0. The maximum atomic E-state index is 13.1. The maximum absolute atomic E-state index is 13.1. The Kier molecular flexibility index (Phi) is 5.06. The molecule has 0 unspecified atom stereocenters. The molecule has 1 aliphatic carbocycles. The fraction of sp³-hybridized carbons (Fsp3) is 0.261. The zero-order chi connectivity index (χ0) is 19.5. The Hall–Kier alpha value is -3.21. The van der Waals surface area contributed by atoms with E-state index in [2.05, 4.69) is 9.97 Å². The topological polar surface area (TPSA) is 55.3 Å². The van der Waals surface area contributed by atoms with Gasteiger partial charge in [0.25, 0.3) is 5.91 Å². The number of nitrogens with zero attached hydrogens (tertiary/aromatic N) is 3. The second-order valence-electron chi connectivity index (χ2n) is 7.14. The zero-order valence-corrected chi connectivity index (χ0v) is 16.1. The molecule has 142 valence electrons. The van der Waals surface area contributed by atoms with E-state index in [0.717, 1.165) is 29.7 Å². The first-order chi connectivity index (χ1) is 13.7. The van der Waals surface area contributed by atoms with Crippen LogP contribution >= 0.6 is 0 Å². The van der Waals surface area contributed by atoms with Crippen LogP contribution in [0.5, 0.6) is 5.75 Å². The Balaban J connectivity index is 1.55. The van der Waals surface area contributed by atoms with Gasteiger partial charge in [-0.25, -0.2) is 0 Å².